The van der Waals surface area contributed by atoms with E-state index in [4.69, 9.17) is 16.3 Å². The fourth-order valence-corrected chi connectivity index (χ4v) is 3.03. The summed E-state index contributed by atoms with van der Waals surface area (Å²) in [6.07, 6.45) is 5.59. The van der Waals surface area contributed by atoms with Crippen molar-refractivity contribution < 1.29 is 9.53 Å². The Balaban J connectivity index is 2.04. The SMILES string of the molecule is CCOC(=O)CCSc1ccnc(C#Cc2cnn(CC)c2)c1Cl. The minimum Gasteiger partial charge on any atom is -0.466 e. The predicted molar refractivity (Wildman–Crippen MR) is 95.1 cm³/mol. The Morgan fingerprint density at radius 3 is 2.96 bits per heavy atom. The number of aryl methyl sites for hydroxylation is 1. The molecule has 126 valence electrons. The molecule has 0 radical (unpaired) electrons. The minimum absolute atomic E-state index is 0.205. The molecule has 0 amide bonds. The number of carbonyl (C=O) groups excluding carboxylic acids is 1. The number of halogens is 1. The lowest BCUT2D eigenvalue weighted by atomic mass is 10.3. The molecule has 0 saturated carbocycles. The van der Waals surface area contributed by atoms with Crippen molar-refractivity contribution in [3.05, 3.63) is 40.9 Å². The average Bonchev–Trinajstić information content (AvgIpc) is 3.03. The molecule has 0 N–H and O–H groups in total. The topological polar surface area (TPSA) is 57.0 Å². The van der Waals surface area contributed by atoms with E-state index in [0.717, 1.165) is 17.0 Å². The summed E-state index contributed by atoms with van der Waals surface area (Å²) in [5.74, 6) is 6.38. The van der Waals surface area contributed by atoms with Crippen molar-refractivity contribution in [2.45, 2.75) is 31.7 Å². The maximum atomic E-state index is 11.4. The summed E-state index contributed by atoms with van der Waals surface area (Å²) in [4.78, 5) is 16.4. The standard InChI is InChI=1S/C17H18ClN3O2S/c1-3-21-12-13(11-20-21)5-6-14-17(18)15(7-9-19-14)24-10-8-16(22)23-4-2/h7,9,11-12H,3-4,8,10H2,1-2H3. The van der Waals surface area contributed by atoms with Crippen LogP contribution in [0, 0.1) is 11.8 Å². The molecule has 0 aliphatic carbocycles. The lowest BCUT2D eigenvalue weighted by Gasteiger charge is -2.05. The Morgan fingerprint density at radius 2 is 2.25 bits per heavy atom. The first kappa shape index (κ1) is 18.4. The maximum Gasteiger partial charge on any atom is 0.306 e. The normalized spacial score (nSPS) is 10.1. The molecule has 2 rings (SSSR count). The second kappa shape index (κ2) is 9.36. The zero-order valence-corrected chi connectivity index (χ0v) is 15.2. The molecule has 0 bridgehead atoms. The van der Waals surface area contributed by atoms with Crippen LogP contribution in [0.4, 0.5) is 0 Å². The molecule has 2 heterocycles. The largest absolute Gasteiger partial charge is 0.466 e. The van der Waals surface area contributed by atoms with Crippen LogP contribution in [0.15, 0.2) is 29.6 Å². The number of ether oxygens (including phenoxy) is 1. The zero-order chi connectivity index (χ0) is 17.4. The summed E-state index contributed by atoms with van der Waals surface area (Å²) >= 11 is 7.85. The van der Waals surface area contributed by atoms with Gasteiger partial charge in [-0.25, -0.2) is 4.98 Å². The second-order valence-electron chi connectivity index (χ2n) is 4.71. The van der Waals surface area contributed by atoms with Crippen molar-refractivity contribution in [3.8, 4) is 11.8 Å². The number of aromatic nitrogens is 3. The molecular weight excluding hydrogens is 346 g/mol. The van der Waals surface area contributed by atoms with Gasteiger partial charge in [0.25, 0.3) is 0 Å². The number of pyridine rings is 1. The summed E-state index contributed by atoms with van der Waals surface area (Å²) in [6.45, 7) is 5.00. The van der Waals surface area contributed by atoms with Gasteiger partial charge in [-0.1, -0.05) is 17.5 Å². The van der Waals surface area contributed by atoms with Crippen LogP contribution in [0.5, 0.6) is 0 Å². The monoisotopic (exact) mass is 363 g/mol. The number of hydrogen-bond donors (Lipinski definition) is 0. The highest BCUT2D eigenvalue weighted by Crippen LogP contribution is 2.29. The Hall–Kier alpha value is -1.97. The number of nitrogens with zero attached hydrogens (tertiary/aromatic N) is 3. The Bertz CT molecular complexity index is 765. The lowest BCUT2D eigenvalue weighted by molar-refractivity contribution is -0.142. The van der Waals surface area contributed by atoms with Gasteiger partial charge in [0.05, 0.1) is 29.8 Å². The van der Waals surface area contributed by atoms with Gasteiger partial charge in [0.15, 0.2) is 0 Å². The molecule has 5 nitrogen and oxygen atoms in total. The van der Waals surface area contributed by atoms with Crippen molar-refractivity contribution in [1.82, 2.24) is 14.8 Å². The van der Waals surface area contributed by atoms with Crippen molar-refractivity contribution in [2.24, 2.45) is 0 Å². The molecule has 2 aromatic rings. The van der Waals surface area contributed by atoms with E-state index >= 15 is 0 Å². The number of esters is 1. The molecule has 0 saturated heterocycles. The van der Waals surface area contributed by atoms with E-state index in [-0.39, 0.29) is 5.97 Å². The van der Waals surface area contributed by atoms with Gasteiger partial charge >= 0.3 is 5.97 Å². The van der Waals surface area contributed by atoms with Gasteiger partial charge in [0.1, 0.15) is 5.69 Å². The molecule has 0 aliphatic rings. The molecular formula is C17H18ClN3O2S. The first-order valence-electron chi connectivity index (χ1n) is 7.61. The van der Waals surface area contributed by atoms with Gasteiger partial charge in [0.2, 0.25) is 0 Å². The second-order valence-corrected chi connectivity index (χ2v) is 6.22. The van der Waals surface area contributed by atoms with Gasteiger partial charge in [-0.3, -0.25) is 9.48 Å². The molecule has 0 aromatic carbocycles. The number of hydrogen-bond acceptors (Lipinski definition) is 5. The van der Waals surface area contributed by atoms with E-state index in [1.807, 2.05) is 19.2 Å². The van der Waals surface area contributed by atoms with E-state index in [0.29, 0.717) is 29.5 Å². The van der Waals surface area contributed by atoms with Crippen molar-refractivity contribution in [1.29, 1.82) is 0 Å². The van der Waals surface area contributed by atoms with E-state index in [2.05, 4.69) is 21.9 Å². The highest BCUT2D eigenvalue weighted by Gasteiger charge is 2.08. The molecule has 0 spiro atoms. The van der Waals surface area contributed by atoms with Gasteiger partial charge in [-0.05, 0) is 25.8 Å². The summed E-state index contributed by atoms with van der Waals surface area (Å²) in [6, 6.07) is 1.82. The summed E-state index contributed by atoms with van der Waals surface area (Å²) in [7, 11) is 0. The Kier molecular flexibility index (Phi) is 7.16. The quantitative estimate of drug-likeness (QED) is 0.447. The molecule has 0 atom stereocenters. The summed E-state index contributed by atoms with van der Waals surface area (Å²) in [5, 5.41) is 4.67. The predicted octanol–water partition coefficient (Wildman–Crippen LogP) is 3.40. The molecule has 7 heteroatoms. The highest BCUT2D eigenvalue weighted by atomic mass is 35.5. The van der Waals surface area contributed by atoms with Crippen LogP contribution < -0.4 is 0 Å². The lowest BCUT2D eigenvalue weighted by Crippen LogP contribution is -2.04. The molecule has 0 unspecified atom stereocenters. The first-order chi connectivity index (χ1) is 11.6. The Morgan fingerprint density at radius 1 is 1.42 bits per heavy atom. The summed E-state index contributed by atoms with van der Waals surface area (Å²) < 4.78 is 6.71. The van der Waals surface area contributed by atoms with Gasteiger partial charge in [0, 0.05) is 29.6 Å². The minimum atomic E-state index is -0.205. The van der Waals surface area contributed by atoms with Crippen LogP contribution in [0.25, 0.3) is 0 Å². The van der Waals surface area contributed by atoms with Crippen LogP contribution in [0.1, 0.15) is 31.5 Å². The third-order valence-corrected chi connectivity index (χ3v) is 4.56. The average molecular weight is 364 g/mol. The van der Waals surface area contributed by atoms with E-state index < -0.39 is 0 Å². The van der Waals surface area contributed by atoms with E-state index in [1.165, 1.54) is 11.8 Å². The van der Waals surface area contributed by atoms with Crippen LogP contribution in [0.2, 0.25) is 5.02 Å². The van der Waals surface area contributed by atoms with E-state index in [9.17, 15) is 4.79 Å². The van der Waals surface area contributed by atoms with Crippen molar-refractivity contribution in [3.63, 3.8) is 0 Å². The molecule has 0 fully saturated rings. The number of thioether (sulfide) groups is 1. The van der Waals surface area contributed by atoms with Gasteiger partial charge < -0.3 is 4.74 Å². The third kappa shape index (κ3) is 5.29. The molecule has 0 aliphatic heterocycles. The first-order valence-corrected chi connectivity index (χ1v) is 8.97. The highest BCUT2D eigenvalue weighted by molar-refractivity contribution is 7.99. The van der Waals surface area contributed by atoms with Gasteiger partial charge in [-0.15, -0.1) is 11.8 Å². The van der Waals surface area contributed by atoms with Crippen LogP contribution >= 0.6 is 23.4 Å². The third-order valence-electron chi connectivity index (χ3n) is 3.01. The molecule has 24 heavy (non-hydrogen) atoms. The van der Waals surface area contributed by atoms with E-state index in [1.54, 1.807) is 24.0 Å². The van der Waals surface area contributed by atoms with Crippen LogP contribution in [-0.4, -0.2) is 33.1 Å². The maximum absolute atomic E-state index is 11.4. The van der Waals surface area contributed by atoms with Gasteiger partial charge in [-0.2, -0.15) is 5.10 Å². The zero-order valence-electron chi connectivity index (χ0n) is 13.6. The smallest absolute Gasteiger partial charge is 0.306 e. The van der Waals surface area contributed by atoms with Crippen molar-refractivity contribution >= 4 is 29.3 Å². The van der Waals surface area contributed by atoms with Crippen LogP contribution in [0.3, 0.4) is 0 Å². The summed E-state index contributed by atoms with van der Waals surface area (Å²) in [5.41, 5.74) is 1.33. The molecule has 2 aromatic heterocycles. The number of carbonyl (C=O) groups is 1. The Labute approximate surface area is 150 Å². The fraction of sp³-hybridized carbons (Fsp3) is 0.353. The fourth-order valence-electron chi connectivity index (χ4n) is 1.83. The number of rotatable bonds is 6. The van der Waals surface area contributed by atoms with Crippen molar-refractivity contribution in [2.75, 3.05) is 12.4 Å². The van der Waals surface area contributed by atoms with Crippen LogP contribution in [-0.2, 0) is 16.1 Å².